The summed E-state index contributed by atoms with van der Waals surface area (Å²) in [6, 6.07) is 5.56. The Labute approximate surface area is 110 Å². The molecule has 0 bridgehead atoms. The molecule has 2 amide bonds. The van der Waals surface area contributed by atoms with E-state index in [0.29, 0.717) is 5.56 Å². The van der Waals surface area contributed by atoms with Crippen LogP contribution in [0.5, 0.6) is 0 Å². The monoisotopic (exact) mass is 259 g/mol. The fraction of sp³-hybridized carbons (Fsp3) is 0.214. The van der Waals surface area contributed by atoms with Crippen LogP contribution in [0, 0.1) is 13.8 Å². The van der Waals surface area contributed by atoms with Gasteiger partial charge in [0.15, 0.2) is 0 Å². The molecular formula is C14H13NO4. The van der Waals surface area contributed by atoms with Gasteiger partial charge >= 0.3 is 5.97 Å². The van der Waals surface area contributed by atoms with Gasteiger partial charge in [0.05, 0.1) is 5.57 Å². The molecule has 1 aliphatic heterocycles. The molecular weight excluding hydrogens is 246 g/mol. The minimum absolute atomic E-state index is 0.248. The van der Waals surface area contributed by atoms with Crippen LogP contribution in [0.1, 0.15) is 16.7 Å². The van der Waals surface area contributed by atoms with Crippen molar-refractivity contribution in [2.24, 2.45) is 0 Å². The Balaban J connectivity index is 2.36. The molecule has 1 N–H and O–H groups in total. The van der Waals surface area contributed by atoms with Crippen LogP contribution in [0.2, 0.25) is 0 Å². The topological polar surface area (TPSA) is 74.7 Å². The van der Waals surface area contributed by atoms with Crippen LogP contribution in [-0.2, 0) is 14.4 Å². The number of carbonyl (C=O) groups excluding carboxylic acids is 2. The van der Waals surface area contributed by atoms with Gasteiger partial charge in [-0.3, -0.25) is 19.3 Å². The fourth-order valence-corrected chi connectivity index (χ4v) is 2.13. The maximum atomic E-state index is 12.0. The summed E-state index contributed by atoms with van der Waals surface area (Å²) in [5, 5.41) is 8.69. The zero-order valence-corrected chi connectivity index (χ0v) is 10.6. The molecule has 5 nitrogen and oxygen atoms in total. The standard InChI is InChI=1S/C14H13NO4/c1-8-3-9(2)5-10(4-8)11-6-12(16)15(14(11)19)7-13(17)18/h3-6H,7H2,1-2H3,(H,17,18). The van der Waals surface area contributed by atoms with Crippen molar-refractivity contribution in [3.63, 3.8) is 0 Å². The van der Waals surface area contributed by atoms with Gasteiger partial charge in [0.25, 0.3) is 11.8 Å². The Bertz CT molecular complexity index is 596. The van der Waals surface area contributed by atoms with Crippen molar-refractivity contribution in [1.82, 2.24) is 4.90 Å². The number of aliphatic carboxylic acids is 1. The quantitative estimate of drug-likeness (QED) is 0.826. The van der Waals surface area contributed by atoms with Gasteiger partial charge < -0.3 is 5.11 Å². The molecule has 0 atom stereocenters. The van der Waals surface area contributed by atoms with E-state index < -0.39 is 24.3 Å². The molecule has 0 fully saturated rings. The van der Waals surface area contributed by atoms with Crippen molar-refractivity contribution in [2.45, 2.75) is 13.8 Å². The average molecular weight is 259 g/mol. The number of carbonyl (C=O) groups is 3. The lowest BCUT2D eigenvalue weighted by Crippen LogP contribution is -2.35. The molecule has 19 heavy (non-hydrogen) atoms. The Kier molecular flexibility index (Phi) is 3.21. The summed E-state index contributed by atoms with van der Waals surface area (Å²) in [6.45, 7) is 3.18. The maximum absolute atomic E-state index is 12.0. The third-order valence-electron chi connectivity index (χ3n) is 2.84. The third-order valence-corrected chi connectivity index (χ3v) is 2.84. The summed E-state index contributed by atoms with van der Waals surface area (Å²) < 4.78 is 0. The van der Waals surface area contributed by atoms with Crippen LogP contribution in [0.15, 0.2) is 24.3 Å². The molecule has 0 aromatic heterocycles. The molecule has 98 valence electrons. The normalized spacial score (nSPS) is 14.8. The zero-order valence-electron chi connectivity index (χ0n) is 10.6. The molecule has 0 radical (unpaired) electrons. The lowest BCUT2D eigenvalue weighted by molar-refractivity contribution is -0.147. The van der Waals surface area contributed by atoms with Crippen LogP contribution in [-0.4, -0.2) is 34.3 Å². The number of hydrogen-bond acceptors (Lipinski definition) is 3. The highest BCUT2D eigenvalue weighted by Crippen LogP contribution is 2.25. The molecule has 1 aromatic rings. The van der Waals surface area contributed by atoms with Crippen LogP contribution < -0.4 is 0 Å². The molecule has 1 heterocycles. The minimum atomic E-state index is -1.21. The number of hydrogen-bond donors (Lipinski definition) is 1. The minimum Gasteiger partial charge on any atom is -0.480 e. The number of amides is 2. The van der Waals surface area contributed by atoms with E-state index >= 15 is 0 Å². The van der Waals surface area contributed by atoms with E-state index in [0.717, 1.165) is 16.0 Å². The SMILES string of the molecule is Cc1cc(C)cc(C2=CC(=O)N(CC(=O)O)C2=O)c1. The first-order valence-electron chi connectivity index (χ1n) is 5.76. The third kappa shape index (κ3) is 2.54. The van der Waals surface area contributed by atoms with Gasteiger partial charge in [0, 0.05) is 6.08 Å². The lowest BCUT2D eigenvalue weighted by atomic mass is 10.0. The van der Waals surface area contributed by atoms with Crippen molar-refractivity contribution in [1.29, 1.82) is 0 Å². The van der Waals surface area contributed by atoms with Crippen molar-refractivity contribution < 1.29 is 19.5 Å². The number of nitrogens with zero attached hydrogens (tertiary/aromatic N) is 1. The van der Waals surface area contributed by atoms with E-state index in [2.05, 4.69) is 0 Å². The van der Waals surface area contributed by atoms with E-state index in [1.54, 1.807) is 12.1 Å². The lowest BCUT2D eigenvalue weighted by Gasteiger charge is -2.12. The number of carboxylic acid groups (broad SMARTS) is 1. The summed E-state index contributed by atoms with van der Waals surface area (Å²) in [7, 11) is 0. The Morgan fingerprint density at radius 3 is 2.26 bits per heavy atom. The molecule has 0 spiro atoms. The molecule has 0 saturated heterocycles. The van der Waals surface area contributed by atoms with Gasteiger partial charge in [0.1, 0.15) is 6.54 Å². The van der Waals surface area contributed by atoms with Crippen molar-refractivity contribution in [3.8, 4) is 0 Å². The first-order chi connectivity index (χ1) is 8.88. The summed E-state index contributed by atoms with van der Waals surface area (Å²) >= 11 is 0. The smallest absolute Gasteiger partial charge is 0.323 e. The van der Waals surface area contributed by atoms with E-state index in [-0.39, 0.29) is 5.57 Å². The summed E-state index contributed by atoms with van der Waals surface area (Å²) in [4.78, 5) is 35.0. The largest absolute Gasteiger partial charge is 0.480 e. The zero-order chi connectivity index (χ0) is 14.2. The molecule has 1 aliphatic rings. The van der Waals surface area contributed by atoms with Crippen molar-refractivity contribution >= 4 is 23.4 Å². The fourth-order valence-electron chi connectivity index (χ4n) is 2.13. The second-order valence-corrected chi connectivity index (χ2v) is 4.56. The molecule has 5 heteroatoms. The summed E-state index contributed by atoms with van der Waals surface area (Å²) in [5.74, 6) is -2.35. The Hall–Kier alpha value is -2.43. The van der Waals surface area contributed by atoms with E-state index in [9.17, 15) is 14.4 Å². The maximum Gasteiger partial charge on any atom is 0.323 e. The van der Waals surface area contributed by atoms with Gasteiger partial charge in [-0.1, -0.05) is 29.3 Å². The van der Waals surface area contributed by atoms with Crippen molar-refractivity contribution in [3.05, 3.63) is 41.0 Å². The van der Waals surface area contributed by atoms with Gasteiger partial charge in [0.2, 0.25) is 0 Å². The average Bonchev–Trinajstić information content (AvgIpc) is 2.55. The van der Waals surface area contributed by atoms with E-state index in [1.165, 1.54) is 6.08 Å². The number of rotatable bonds is 3. The Morgan fingerprint density at radius 2 is 1.74 bits per heavy atom. The Morgan fingerprint density at radius 1 is 1.16 bits per heavy atom. The molecule has 1 aromatic carbocycles. The van der Waals surface area contributed by atoms with E-state index in [1.807, 2.05) is 19.9 Å². The van der Waals surface area contributed by atoms with Crippen LogP contribution in [0.25, 0.3) is 5.57 Å². The van der Waals surface area contributed by atoms with Crippen LogP contribution in [0.3, 0.4) is 0 Å². The predicted molar refractivity (Wildman–Crippen MR) is 68.2 cm³/mol. The summed E-state index contributed by atoms with van der Waals surface area (Å²) in [5.41, 5.74) is 2.85. The van der Waals surface area contributed by atoms with Crippen LogP contribution >= 0.6 is 0 Å². The molecule has 0 unspecified atom stereocenters. The predicted octanol–water partition coefficient (Wildman–Crippen LogP) is 1.14. The first kappa shape index (κ1) is 13.0. The van der Waals surface area contributed by atoms with E-state index in [4.69, 9.17) is 5.11 Å². The highest BCUT2D eigenvalue weighted by atomic mass is 16.4. The van der Waals surface area contributed by atoms with Crippen LogP contribution in [0.4, 0.5) is 0 Å². The molecule has 2 rings (SSSR count). The number of benzene rings is 1. The highest BCUT2D eigenvalue weighted by Gasteiger charge is 2.33. The van der Waals surface area contributed by atoms with Gasteiger partial charge in [-0.2, -0.15) is 0 Å². The number of carboxylic acids is 1. The number of aryl methyl sites for hydroxylation is 2. The first-order valence-corrected chi connectivity index (χ1v) is 5.76. The van der Waals surface area contributed by atoms with Gasteiger partial charge in [-0.25, -0.2) is 0 Å². The number of imide groups is 1. The highest BCUT2D eigenvalue weighted by molar-refractivity contribution is 6.33. The molecule has 0 saturated carbocycles. The molecule has 0 aliphatic carbocycles. The second kappa shape index (κ2) is 4.68. The summed E-state index contributed by atoms with van der Waals surface area (Å²) in [6.07, 6.45) is 1.19. The van der Waals surface area contributed by atoms with Gasteiger partial charge in [-0.15, -0.1) is 0 Å². The second-order valence-electron chi connectivity index (χ2n) is 4.56. The van der Waals surface area contributed by atoms with Crippen molar-refractivity contribution in [2.75, 3.05) is 6.54 Å². The van der Waals surface area contributed by atoms with Gasteiger partial charge in [-0.05, 0) is 19.4 Å².